The molecule has 0 unspecified atom stereocenters. The molecule has 0 heterocycles. The maximum Gasteiger partial charge on any atom is 0.220 e. The molecule has 1 aliphatic rings. The van der Waals surface area contributed by atoms with Gasteiger partial charge in [0.05, 0.1) is 0 Å². The Morgan fingerprint density at radius 1 is 1.29 bits per heavy atom. The van der Waals surface area contributed by atoms with Crippen LogP contribution in [0.25, 0.3) is 0 Å². The fraction of sp³-hybridized carbons (Fsp3) is 0.929. The van der Waals surface area contributed by atoms with Gasteiger partial charge in [0.15, 0.2) is 0 Å². The lowest BCUT2D eigenvalue weighted by molar-refractivity contribution is -0.122. The number of nitrogens with one attached hydrogen (secondary N) is 1. The Bertz CT molecular complexity index is 224. The molecule has 0 saturated heterocycles. The van der Waals surface area contributed by atoms with Gasteiger partial charge in [-0.1, -0.05) is 42.6 Å². The van der Waals surface area contributed by atoms with Crippen LogP contribution in [0.2, 0.25) is 0 Å². The molecule has 2 nitrogen and oxygen atoms in total. The van der Waals surface area contributed by atoms with Crippen molar-refractivity contribution in [2.45, 2.75) is 58.8 Å². The van der Waals surface area contributed by atoms with E-state index in [1.54, 1.807) is 0 Å². The summed E-state index contributed by atoms with van der Waals surface area (Å²) in [5, 5.41) is 4.10. The fourth-order valence-corrected chi connectivity index (χ4v) is 3.56. The highest BCUT2D eigenvalue weighted by molar-refractivity contribution is 9.09. The van der Waals surface area contributed by atoms with Crippen LogP contribution in [0, 0.1) is 11.3 Å². The van der Waals surface area contributed by atoms with Crippen LogP contribution in [0.4, 0.5) is 0 Å². The zero-order chi connectivity index (χ0) is 12.7. The molecule has 0 aromatic rings. The lowest BCUT2D eigenvalue weighted by Crippen LogP contribution is -2.38. The lowest BCUT2D eigenvalue weighted by atomic mass is 9.84. The zero-order valence-electron chi connectivity index (χ0n) is 11.2. The van der Waals surface area contributed by atoms with E-state index < -0.39 is 0 Å². The quantitative estimate of drug-likeness (QED) is 0.710. The van der Waals surface area contributed by atoms with E-state index in [2.05, 4.69) is 35.1 Å². The van der Waals surface area contributed by atoms with E-state index in [1.165, 1.54) is 25.7 Å². The van der Waals surface area contributed by atoms with Crippen molar-refractivity contribution in [2.75, 3.05) is 11.9 Å². The second-order valence-electron chi connectivity index (χ2n) is 5.47. The number of carbonyl (C=O) groups excluding carboxylic acids is 1. The standard InChI is InChI=1S/C14H26BrNO/c1-3-14(4-2,10-15)11-16-13(17)9-12-7-5-6-8-12/h12H,3-11H2,1-2H3,(H,16,17). The maximum absolute atomic E-state index is 11.9. The average molecular weight is 304 g/mol. The molecular formula is C14H26BrNO. The minimum atomic E-state index is 0.241. The van der Waals surface area contributed by atoms with Crippen molar-refractivity contribution in [3.63, 3.8) is 0 Å². The van der Waals surface area contributed by atoms with Gasteiger partial charge >= 0.3 is 0 Å². The van der Waals surface area contributed by atoms with Crippen molar-refractivity contribution in [2.24, 2.45) is 11.3 Å². The van der Waals surface area contributed by atoms with Crippen LogP contribution in [0.1, 0.15) is 58.8 Å². The molecule has 17 heavy (non-hydrogen) atoms. The third-order valence-electron chi connectivity index (χ3n) is 4.39. The Labute approximate surface area is 114 Å². The third-order valence-corrected chi connectivity index (χ3v) is 5.58. The lowest BCUT2D eigenvalue weighted by Gasteiger charge is -2.29. The van der Waals surface area contributed by atoms with Crippen LogP contribution in [0.15, 0.2) is 0 Å². The van der Waals surface area contributed by atoms with E-state index in [9.17, 15) is 4.79 Å². The summed E-state index contributed by atoms with van der Waals surface area (Å²) in [4.78, 5) is 11.9. The molecule has 0 aromatic heterocycles. The van der Waals surface area contributed by atoms with Crippen LogP contribution in [0.5, 0.6) is 0 Å². The Morgan fingerprint density at radius 2 is 1.88 bits per heavy atom. The fourth-order valence-electron chi connectivity index (χ4n) is 2.57. The molecule has 100 valence electrons. The first-order valence-electron chi connectivity index (χ1n) is 6.98. The van der Waals surface area contributed by atoms with E-state index in [1.807, 2.05) is 0 Å². The first-order valence-corrected chi connectivity index (χ1v) is 8.10. The molecule has 0 bridgehead atoms. The first-order chi connectivity index (χ1) is 8.15. The number of carbonyl (C=O) groups is 1. The molecule has 1 fully saturated rings. The molecule has 0 aromatic carbocycles. The van der Waals surface area contributed by atoms with Crippen molar-refractivity contribution in [3.8, 4) is 0 Å². The van der Waals surface area contributed by atoms with Crippen LogP contribution < -0.4 is 5.32 Å². The highest BCUT2D eigenvalue weighted by atomic mass is 79.9. The number of alkyl halides is 1. The van der Waals surface area contributed by atoms with Gasteiger partial charge in [-0.15, -0.1) is 0 Å². The van der Waals surface area contributed by atoms with Gasteiger partial charge in [-0.25, -0.2) is 0 Å². The van der Waals surface area contributed by atoms with E-state index in [-0.39, 0.29) is 11.3 Å². The summed E-state index contributed by atoms with van der Waals surface area (Å²) in [7, 11) is 0. The van der Waals surface area contributed by atoms with E-state index in [0.29, 0.717) is 5.92 Å². The molecule has 1 amide bonds. The van der Waals surface area contributed by atoms with Crippen molar-refractivity contribution in [1.82, 2.24) is 5.32 Å². The van der Waals surface area contributed by atoms with Crippen LogP contribution >= 0.6 is 15.9 Å². The van der Waals surface area contributed by atoms with Crippen LogP contribution in [0.3, 0.4) is 0 Å². The Morgan fingerprint density at radius 3 is 2.35 bits per heavy atom. The molecule has 0 spiro atoms. The summed E-state index contributed by atoms with van der Waals surface area (Å²) in [5.41, 5.74) is 0.241. The first kappa shape index (κ1) is 15.0. The zero-order valence-corrected chi connectivity index (χ0v) is 12.8. The summed E-state index contributed by atoms with van der Waals surface area (Å²) in [6.07, 6.45) is 8.08. The Kier molecular flexibility index (Phi) is 6.53. The molecule has 0 atom stereocenters. The third kappa shape index (κ3) is 4.61. The summed E-state index contributed by atoms with van der Waals surface area (Å²) in [5.74, 6) is 0.903. The van der Waals surface area contributed by atoms with Crippen molar-refractivity contribution in [1.29, 1.82) is 0 Å². The summed E-state index contributed by atoms with van der Waals surface area (Å²) < 4.78 is 0. The molecule has 0 aliphatic heterocycles. The molecule has 1 N–H and O–H groups in total. The van der Waals surface area contributed by atoms with Gasteiger partial charge in [-0.05, 0) is 37.0 Å². The van der Waals surface area contributed by atoms with Gasteiger partial charge in [0.2, 0.25) is 5.91 Å². The van der Waals surface area contributed by atoms with E-state index in [4.69, 9.17) is 0 Å². The minimum Gasteiger partial charge on any atom is -0.356 e. The number of amides is 1. The Hall–Kier alpha value is -0.0500. The number of hydrogen-bond donors (Lipinski definition) is 1. The number of halogens is 1. The van der Waals surface area contributed by atoms with E-state index in [0.717, 1.165) is 31.1 Å². The predicted octanol–water partition coefficient (Wildman–Crippen LogP) is 3.88. The summed E-state index contributed by atoms with van der Waals surface area (Å²) in [6, 6.07) is 0. The second-order valence-corrected chi connectivity index (χ2v) is 6.03. The van der Waals surface area contributed by atoms with Gasteiger partial charge in [0.25, 0.3) is 0 Å². The monoisotopic (exact) mass is 303 g/mol. The molecule has 3 heteroatoms. The van der Waals surface area contributed by atoms with Crippen molar-refractivity contribution < 1.29 is 4.79 Å². The number of hydrogen-bond acceptors (Lipinski definition) is 1. The predicted molar refractivity (Wildman–Crippen MR) is 76.4 cm³/mol. The van der Waals surface area contributed by atoms with Gasteiger partial charge in [-0.3, -0.25) is 4.79 Å². The van der Waals surface area contributed by atoms with Gasteiger partial charge in [0, 0.05) is 18.3 Å². The maximum atomic E-state index is 11.9. The van der Waals surface area contributed by atoms with Gasteiger partial charge < -0.3 is 5.32 Å². The molecular weight excluding hydrogens is 278 g/mol. The van der Waals surface area contributed by atoms with Crippen molar-refractivity contribution >= 4 is 21.8 Å². The highest BCUT2D eigenvalue weighted by Crippen LogP contribution is 2.29. The van der Waals surface area contributed by atoms with Crippen LogP contribution in [-0.2, 0) is 4.79 Å². The second kappa shape index (κ2) is 7.40. The average Bonchev–Trinajstić information content (AvgIpc) is 2.84. The minimum absolute atomic E-state index is 0.241. The van der Waals surface area contributed by atoms with Gasteiger partial charge in [-0.2, -0.15) is 0 Å². The normalized spacial score (nSPS) is 17.4. The summed E-state index contributed by atoms with van der Waals surface area (Å²) >= 11 is 3.58. The topological polar surface area (TPSA) is 29.1 Å². The van der Waals surface area contributed by atoms with Gasteiger partial charge in [0.1, 0.15) is 0 Å². The SMILES string of the molecule is CCC(CC)(CBr)CNC(=O)CC1CCCC1. The molecule has 1 aliphatic carbocycles. The number of rotatable bonds is 7. The Balaban J connectivity index is 2.30. The van der Waals surface area contributed by atoms with Crippen LogP contribution in [-0.4, -0.2) is 17.8 Å². The smallest absolute Gasteiger partial charge is 0.220 e. The van der Waals surface area contributed by atoms with E-state index >= 15 is 0 Å². The van der Waals surface area contributed by atoms with Crippen molar-refractivity contribution in [3.05, 3.63) is 0 Å². The molecule has 0 radical (unpaired) electrons. The highest BCUT2D eigenvalue weighted by Gasteiger charge is 2.26. The summed E-state index contributed by atoms with van der Waals surface area (Å²) in [6.45, 7) is 5.22. The largest absolute Gasteiger partial charge is 0.356 e. The molecule has 1 saturated carbocycles. The molecule has 1 rings (SSSR count).